The normalized spacial score (nSPS) is 10.0. The number of methoxy groups -OCH3 is 1. The highest BCUT2D eigenvalue weighted by molar-refractivity contribution is 5.94. The van der Waals surface area contributed by atoms with Gasteiger partial charge < -0.3 is 14.8 Å². The first-order valence-electron chi connectivity index (χ1n) is 7.96. The fourth-order valence-corrected chi connectivity index (χ4v) is 2.20. The van der Waals surface area contributed by atoms with Crippen molar-refractivity contribution in [3.63, 3.8) is 0 Å². The second kappa shape index (κ2) is 9.29. The number of amides is 1. The number of nitrogens with zero attached hydrogens (tertiary/aromatic N) is 1. The molecule has 6 nitrogen and oxygen atoms in total. The number of halogens is 2. The maximum atomic E-state index is 13.5. The zero-order chi connectivity index (χ0) is 19.8. The third-order valence-corrected chi connectivity index (χ3v) is 3.54. The number of rotatable bonds is 7. The maximum Gasteiger partial charge on any atom is 0.311 e. The molecule has 0 heterocycles. The Morgan fingerprint density at radius 1 is 1.15 bits per heavy atom. The van der Waals surface area contributed by atoms with E-state index in [2.05, 4.69) is 5.32 Å². The molecular weight excluding hydrogens is 358 g/mol. The monoisotopic (exact) mass is 374 g/mol. The molecule has 0 atom stereocenters. The summed E-state index contributed by atoms with van der Waals surface area (Å²) in [6.45, 7) is 0.106. The number of nitrogens with one attached hydrogen (secondary N) is 1. The molecule has 1 N–H and O–H groups in total. The van der Waals surface area contributed by atoms with E-state index in [9.17, 15) is 18.4 Å². The summed E-state index contributed by atoms with van der Waals surface area (Å²) < 4.78 is 36.6. The fraction of sp³-hybridized carbons (Fsp3) is 0.211. The van der Waals surface area contributed by atoms with Crippen LogP contribution in [0.1, 0.15) is 28.8 Å². The van der Waals surface area contributed by atoms with E-state index >= 15 is 0 Å². The third-order valence-electron chi connectivity index (χ3n) is 3.54. The smallest absolute Gasteiger partial charge is 0.311 e. The number of nitriles is 1. The van der Waals surface area contributed by atoms with Gasteiger partial charge in [-0.05, 0) is 30.7 Å². The Kier molecular flexibility index (Phi) is 6.83. The minimum atomic E-state index is -0.958. The van der Waals surface area contributed by atoms with Crippen molar-refractivity contribution < 1.29 is 27.8 Å². The largest absolute Gasteiger partial charge is 0.493 e. The second-order valence-corrected chi connectivity index (χ2v) is 5.44. The third kappa shape index (κ3) is 5.51. The number of carbonyl (C=O) groups is 2. The number of hydrogen-bond acceptors (Lipinski definition) is 5. The zero-order valence-corrected chi connectivity index (χ0v) is 14.4. The van der Waals surface area contributed by atoms with Crippen LogP contribution in [0.5, 0.6) is 11.5 Å². The molecule has 0 aliphatic heterocycles. The summed E-state index contributed by atoms with van der Waals surface area (Å²) >= 11 is 0. The zero-order valence-electron chi connectivity index (χ0n) is 14.4. The molecule has 0 radical (unpaired) electrons. The van der Waals surface area contributed by atoms with Gasteiger partial charge in [0.25, 0.3) is 5.91 Å². The minimum absolute atomic E-state index is 0.00463. The molecule has 0 aliphatic carbocycles. The first-order chi connectivity index (χ1) is 12.9. The molecule has 0 fully saturated rings. The summed E-state index contributed by atoms with van der Waals surface area (Å²) in [6.07, 6.45) is 0.251. The van der Waals surface area contributed by atoms with E-state index < -0.39 is 23.5 Å². The highest BCUT2D eigenvalue weighted by atomic mass is 19.1. The Morgan fingerprint density at radius 2 is 1.93 bits per heavy atom. The van der Waals surface area contributed by atoms with Crippen LogP contribution in [-0.2, 0) is 4.79 Å². The van der Waals surface area contributed by atoms with Crippen LogP contribution in [-0.4, -0.2) is 25.5 Å². The number of carbonyl (C=O) groups excluding carboxylic acids is 2. The van der Waals surface area contributed by atoms with Crippen molar-refractivity contribution in [2.45, 2.75) is 12.8 Å². The lowest BCUT2D eigenvalue weighted by atomic mass is 10.2. The van der Waals surface area contributed by atoms with Crippen LogP contribution in [0.2, 0.25) is 0 Å². The van der Waals surface area contributed by atoms with Crippen molar-refractivity contribution >= 4 is 11.9 Å². The van der Waals surface area contributed by atoms with Gasteiger partial charge in [0.05, 0.1) is 24.3 Å². The number of benzene rings is 2. The Balaban J connectivity index is 1.81. The van der Waals surface area contributed by atoms with Gasteiger partial charge in [-0.25, -0.2) is 8.78 Å². The van der Waals surface area contributed by atoms with Crippen molar-refractivity contribution in [1.82, 2.24) is 5.32 Å². The molecule has 0 bridgehead atoms. The highest BCUT2D eigenvalue weighted by Gasteiger charge is 2.13. The van der Waals surface area contributed by atoms with Crippen LogP contribution in [0, 0.1) is 23.0 Å². The van der Waals surface area contributed by atoms with E-state index in [1.807, 2.05) is 6.07 Å². The van der Waals surface area contributed by atoms with Crippen LogP contribution >= 0.6 is 0 Å². The topological polar surface area (TPSA) is 88.4 Å². The Labute approximate surface area is 154 Å². The predicted octanol–water partition coefficient (Wildman–Crippen LogP) is 2.96. The van der Waals surface area contributed by atoms with E-state index in [1.165, 1.54) is 25.3 Å². The highest BCUT2D eigenvalue weighted by Crippen LogP contribution is 2.28. The number of esters is 1. The lowest BCUT2D eigenvalue weighted by Crippen LogP contribution is -2.26. The molecule has 0 aliphatic rings. The molecule has 0 saturated heterocycles. The SMILES string of the molecule is COc1cc(C#N)ccc1OC(=O)CCCNC(=O)c1ccc(F)cc1F. The molecule has 0 unspecified atom stereocenters. The molecule has 2 aromatic rings. The van der Waals surface area contributed by atoms with Gasteiger partial charge in [0.1, 0.15) is 11.6 Å². The molecule has 27 heavy (non-hydrogen) atoms. The van der Waals surface area contributed by atoms with E-state index in [-0.39, 0.29) is 36.4 Å². The van der Waals surface area contributed by atoms with Crippen LogP contribution in [0.3, 0.4) is 0 Å². The van der Waals surface area contributed by atoms with E-state index in [4.69, 9.17) is 14.7 Å². The van der Waals surface area contributed by atoms with Gasteiger partial charge >= 0.3 is 5.97 Å². The van der Waals surface area contributed by atoms with Gasteiger partial charge in [0.2, 0.25) is 0 Å². The molecule has 0 spiro atoms. The van der Waals surface area contributed by atoms with Gasteiger partial charge in [0.15, 0.2) is 11.5 Å². The Morgan fingerprint density at radius 3 is 2.59 bits per heavy atom. The van der Waals surface area contributed by atoms with Gasteiger partial charge in [-0.15, -0.1) is 0 Å². The average Bonchev–Trinajstić information content (AvgIpc) is 2.65. The Hall–Kier alpha value is -3.47. The fourth-order valence-electron chi connectivity index (χ4n) is 2.20. The summed E-state index contributed by atoms with van der Waals surface area (Å²) in [6, 6.07) is 8.99. The molecule has 2 rings (SSSR count). The minimum Gasteiger partial charge on any atom is -0.493 e. The molecule has 0 aromatic heterocycles. The maximum absolute atomic E-state index is 13.5. The van der Waals surface area contributed by atoms with Gasteiger partial charge in [-0.2, -0.15) is 5.26 Å². The van der Waals surface area contributed by atoms with Gasteiger partial charge in [0, 0.05) is 25.1 Å². The van der Waals surface area contributed by atoms with Crippen molar-refractivity contribution in [1.29, 1.82) is 5.26 Å². The first kappa shape index (κ1) is 19.8. The number of ether oxygens (including phenoxy) is 2. The molecule has 2 aromatic carbocycles. The van der Waals surface area contributed by atoms with Gasteiger partial charge in [-0.1, -0.05) is 0 Å². The van der Waals surface area contributed by atoms with Crippen molar-refractivity contribution in [2.75, 3.05) is 13.7 Å². The summed E-state index contributed by atoms with van der Waals surface area (Å²) in [7, 11) is 1.39. The second-order valence-electron chi connectivity index (χ2n) is 5.44. The molecular formula is C19H16F2N2O4. The first-order valence-corrected chi connectivity index (χ1v) is 7.96. The summed E-state index contributed by atoms with van der Waals surface area (Å²) in [5.74, 6) is -2.55. The summed E-state index contributed by atoms with van der Waals surface area (Å²) in [4.78, 5) is 23.7. The molecule has 140 valence electrons. The van der Waals surface area contributed by atoms with Crippen LogP contribution < -0.4 is 14.8 Å². The summed E-state index contributed by atoms with van der Waals surface area (Å²) in [5, 5.41) is 11.3. The lowest BCUT2D eigenvalue weighted by molar-refractivity contribution is -0.134. The average molecular weight is 374 g/mol. The predicted molar refractivity (Wildman–Crippen MR) is 91.3 cm³/mol. The standard InChI is InChI=1S/C19H16F2N2O4/c1-26-17-9-12(11-22)4-7-16(17)27-18(24)3-2-8-23-19(25)14-6-5-13(20)10-15(14)21/h4-7,9-10H,2-3,8H2,1H3,(H,23,25). The number of hydrogen-bond donors (Lipinski definition) is 1. The summed E-state index contributed by atoms with van der Waals surface area (Å²) in [5.41, 5.74) is 0.0867. The quantitative estimate of drug-likeness (QED) is 0.457. The van der Waals surface area contributed by atoms with Crippen LogP contribution in [0.15, 0.2) is 36.4 Å². The van der Waals surface area contributed by atoms with Crippen LogP contribution in [0.4, 0.5) is 8.78 Å². The molecule has 0 saturated carbocycles. The van der Waals surface area contributed by atoms with E-state index in [1.54, 1.807) is 0 Å². The van der Waals surface area contributed by atoms with Crippen molar-refractivity contribution in [3.8, 4) is 17.6 Å². The lowest BCUT2D eigenvalue weighted by Gasteiger charge is -2.09. The van der Waals surface area contributed by atoms with Crippen molar-refractivity contribution in [2.24, 2.45) is 0 Å². The molecule has 8 heteroatoms. The van der Waals surface area contributed by atoms with Gasteiger partial charge in [-0.3, -0.25) is 9.59 Å². The van der Waals surface area contributed by atoms with E-state index in [0.717, 1.165) is 12.1 Å². The van der Waals surface area contributed by atoms with Crippen LogP contribution in [0.25, 0.3) is 0 Å². The van der Waals surface area contributed by atoms with Crippen molar-refractivity contribution in [3.05, 3.63) is 59.2 Å². The Bertz CT molecular complexity index is 894. The molecule has 1 amide bonds. The van der Waals surface area contributed by atoms with E-state index in [0.29, 0.717) is 11.6 Å².